The van der Waals surface area contributed by atoms with Crippen LogP contribution in [0.15, 0.2) is 51.2 Å². The van der Waals surface area contributed by atoms with E-state index in [1.54, 1.807) is 38.1 Å². The first-order valence-electron chi connectivity index (χ1n) is 11.5. The van der Waals surface area contributed by atoms with Crippen molar-refractivity contribution in [1.29, 1.82) is 0 Å². The Bertz CT molecular complexity index is 1050. The fourth-order valence-electron chi connectivity index (χ4n) is 3.80. The number of rotatable bonds is 10. The molecule has 1 aromatic heterocycles. The first kappa shape index (κ1) is 27.3. The van der Waals surface area contributed by atoms with Crippen LogP contribution in [-0.2, 0) is 9.47 Å². The second-order valence-corrected chi connectivity index (χ2v) is 9.33. The molecule has 1 aromatic carbocycles. The van der Waals surface area contributed by atoms with Crippen LogP contribution in [0.3, 0.4) is 0 Å². The normalized spacial score (nSPS) is 26.6. The molecule has 1 fully saturated rings. The molecule has 0 saturated carbocycles. The van der Waals surface area contributed by atoms with E-state index in [9.17, 15) is 30.3 Å². The molecule has 3 rings (SSSR count). The largest absolute Gasteiger partial charge is 0.489 e. The van der Waals surface area contributed by atoms with E-state index < -0.39 is 54.6 Å². The van der Waals surface area contributed by atoms with Gasteiger partial charge in [-0.15, -0.1) is 0 Å². The van der Waals surface area contributed by atoms with Crippen LogP contribution >= 0.6 is 0 Å². The molecule has 0 aliphatic carbocycles. The van der Waals surface area contributed by atoms with Gasteiger partial charge < -0.3 is 44.2 Å². The van der Waals surface area contributed by atoms with Gasteiger partial charge in [-0.05, 0) is 57.9 Å². The van der Waals surface area contributed by atoms with Gasteiger partial charge in [0, 0.05) is 17.5 Å². The Balaban J connectivity index is 1.57. The van der Waals surface area contributed by atoms with Gasteiger partial charge in [-0.2, -0.15) is 0 Å². The number of hydrogen-bond donors (Lipinski definition) is 5. The van der Waals surface area contributed by atoms with Gasteiger partial charge in [-0.3, -0.25) is 0 Å². The number of allylic oxidation sites excluding steroid dienone is 1. The highest BCUT2D eigenvalue weighted by atomic mass is 16.7. The van der Waals surface area contributed by atoms with Crippen LogP contribution in [-0.4, -0.2) is 81.2 Å². The molecule has 1 saturated heterocycles. The van der Waals surface area contributed by atoms with Crippen molar-refractivity contribution in [2.24, 2.45) is 0 Å². The summed E-state index contributed by atoms with van der Waals surface area (Å²) in [7, 11) is 0. The summed E-state index contributed by atoms with van der Waals surface area (Å²) < 4.78 is 22.1. The minimum absolute atomic E-state index is 0.273. The molecule has 0 spiro atoms. The quantitative estimate of drug-likeness (QED) is 0.237. The van der Waals surface area contributed by atoms with Crippen LogP contribution < -0.4 is 10.4 Å². The minimum atomic E-state index is -1.56. The van der Waals surface area contributed by atoms with Crippen molar-refractivity contribution in [2.75, 3.05) is 13.2 Å². The standard InChI is InChI=1S/C25H34O10/c1-14(10-11-32-16-7-5-15-6-9-20(27)33-17(15)12-16)4-8-19(25(2,3)31)35-24-23(30)22(29)21(28)18(13-26)34-24/h5-7,9-10,12,18-19,21-24,26,28-31H,4,8,11,13H2,1-3H3/b14-10+/t18-,19+,21-,22+,23-,24+/m1/s1. The third kappa shape index (κ3) is 7.11. The van der Waals surface area contributed by atoms with E-state index in [1.807, 2.05) is 13.0 Å². The number of aliphatic hydroxyl groups excluding tert-OH is 4. The van der Waals surface area contributed by atoms with Crippen molar-refractivity contribution in [1.82, 2.24) is 0 Å². The van der Waals surface area contributed by atoms with Crippen molar-refractivity contribution in [3.63, 3.8) is 0 Å². The zero-order valence-electron chi connectivity index (χ0n) is 20.0. The monoisotopic (exact) mass is 494 g/mol. The lowest BCUT2D eigenvalue weighted by Gasteiger charge is -2.42. The molecule has 0 radical (unpaired) electrons. The Kier molecular flexibility index (Phi) is 9.05. The maximum Gasteiger partial charge on any atom is 0.336 e. The highest BCUT2D eigenvalue weighted by Crippen LogP contribution is 2.28. The number of aliphatic hydroxyl groups is 5. The minimum Gasteiger partial charge on any atom is -0.489 e. The van der Waals surface area contributed by atoms with Crippen LogP contribution in [0, 0.1) is 0 Å². The van der Waals surface area contributed by atoms with Crippen molar-refractivity contribution in [2.45, 2.75) is 76.0 Å². The molecular formula is C25H34O10. The van der Waals surface area contributed by atoms with E-state index >= 15 is 0 Å². The van der Waals surface area contributed by atoms with Gasteiger partial charge in [0.15, 0.2) is 6.29 Å². The number of fused-ring (bicyclic) bond motifs is 1. The van der Waals surface area contributed by atoms with Crippen molar-refractivity contribution in [3.05, 3.63) is 52.4 Å². The zero-order chi connectivity index (χ0) is 25.8. The molecule has 1 aliphatic rings. The molecule has 2 heterocycles. The average molecular weight is 495 g/mol. The summed E-state index contributed by atoms with van der Waals surface area (Å²) in [4.78, 5) is 11.4. The molecule has 10 heteroatoms. The lowest BCUT2D eigenvalue weighted by atomic mass is 9.94. The van der Waals surface area contributed by atoms with Crippen LogP contribution in [0.25, 0.3) is 11.0 Å². The number of ether oxygens (including phenoxy) is 3. The summed E-state index contributed by atoms with van der Waals surface area (Å²) in [6.45, 7) is 4.72. The maximum atomic E-state index is 11.4. The van der Waals surface area contributed by atoms with Crippen molar-refractivity contribution >= 4 is 11.0 Å². The fraction of sp³-hybridized carbons (Fsp3) is 0.560. The predicted octanol–water partition coefficient (Wildman–Crippen LogP) is 0.854. The van der Waals surface area contributed by atoms with Gasteiger partial charge >= 0.3 is 5.63 Å². The van der Waals surface area contributed by atoms with Crippen LogP contribution in [0.4, 0.5) is 0 Å². The topological polar surface area (TPSA) is 159 Å². The van der Waals surface area contributed by atoms with Gasteiger partial charge in [0.25, 0.3) is 0 Å². The Labute approximate surface area is 203 Å². The van der Waals surface area contributed by atoms with Crippen LogP contribution in [0.5, 0.6) is 5.75 Å². The summed E-state index contributed by atoms with van der Waals surface area (Å²) in [5.41, 5.74) is -0.333. The molecule has 0 unspecified atom stereocenters. The summed E-state index contributed by atoms with van der Waals surface area (Å²) in [5, 5.41) is 50.9. The fourth-order valence-corrected chi connectivity index (χ4v) is 3.80. The molecule has 194 valence electrons. The van der Waals surface area contributed by atoms with Gasteiger partial charge in [0.2, 0.25) is 0 Å². The molecule has 35 heavy (non-hydrogen) atoms. The Morgan fingerprint density at radius 2 is 1.86 bits per heavy atom. The van der Waals surface area contributed by atoms with E-state index in [1.165, 1.54) is 6.07 Å². The third-order valence-electron chi connectivity index (χ3n) is 6.01. The van der Waals surface area contributed by atoms with Crippen LogP contribution in [0.1, 0.15) is 33.6 Å². The van der Waals surface area contributed by atoms with E-state index in [-0.39, 0.29) is 6.61 Å². The first-order chi connectivity index (χ1) is 16.5. The molecule has 10 nitrogen and oxygen atoms in total. The third-order valence-corrected chi connectivity index (χ3v) is 6.01. The van der Waals surface area contributed by atoms with Crippen molar-refractivity contribution in [3.8, 4) is 5.75 Å². The molecular weight excluding hydrogens is 460 g/mol. The molecule has 0 amide bonds. The molecule has 0 bridgehead atoms. The highest BCUT2D eigenvalue weighted by molar-refractivity contribution is 5.77. The maximum absolute atomic E-state index is 11.4. The van der Waals surface area contributed by atoms with Gasteiger partial charge in [-0.1, -0.05) is 5.57 Å². The van der Waals surface area contributed by atoms with Gasteiger partial charge in [0.05, 0.1) is 18.3 Å². The summed E-state index contributed by atoms with van der Waals surface area (Å²) in [6, 6.07) is 8.27. The average Bonchev–Trinajstić information content (AvgIpc) is 2.80. The van der Waals surface area contributed by atoms with E-state index in [2.05, 4.69) is 0 Å². The number of hydrogen-bond acceptors (Lipinski definition) is 10. The van der Waals surface area contributed by atoms with E-state index in [0.717, 1.165) is 11.0 Å². The van der Waals surface area contributed by atoms with E-state index in [0.29, 0.717) is 24.2 Å². The van der Waals surface area contributed by atoms with E-state index in [4.69, 9.17) is 18.6 Å². The SMILES string of the molecule is C/C(=C\COc1ccc2ccc(=O)oc2c1)CC[C@H](O[C@@H]1O[C@H](CO)[C@@H](O)[C@H](O)[C@H]1O)C(C)(C)O. The second-order valence-electron chi connectivity index (χ2n) is 9.33. The predicted molar refractivity (Wildman–Crippen MR) is 126 cm³/mol. The summed E-state index contributed by atoms with van der Waals surface area (Å²) in [5.74, 6) is 0.552. The number of benzene rings is 1. The Hall–Kier alpha value is -2.31. The molecule has 2 aromatic rings. The Morgan fingerprint density at radius 3 is 2.54 bits per heavy atom. The summed E-state index contributed by atoms with van der Waals surface area (Å²) in [6.07, 6.45) is -5.03. The molecule has 6 atom stereocenters. The lowest BCUT2D eigenvalue weighted by molar-refractivity contribution is -0.322. The van der Waals surface area contributed by atoms with Gasteiger partial charge in [-0.25, -0.2) is 4.79 Å². The molecule has 1 aliphatic heterocycles. The Morgan fingerprint density at radius 1 is 1.14 bits per heavy atom. The summed E-state index contributed by atoms with van der Waals surface area (Å²) >= 11 is 0. The second kappa shape index (κ2) is 11.6. The smallest absolute Gasteiger partial charge is 0.336 e. The van der Waals surface area contributed by atoms with Crippen LogP contribution in [0.2, 0.25) is 0 Å². The van der Waals surface area contributed by atoms with Crippen molar-refractivity contribution < 1.29 is 44.2 Å². The zero-order valence-corrected chi connectivity index (χ0v) is 20.0. The molecule has 5 N–H and O–H groups in total. The lowest BCUT2D eigenvalue weighted by Crippen LogP contribution is -2.60. The highest BCUT2D eigenvalue weighted by Gasteiger charge is 2.46. The van der Waals surface area contributed by atoms with Gasteiger partial charge in [0.1, 0.15) is 42.4 Å². The first-order valence-corrected chi connectivity index (χ1v) is 11.5.